The van der Waals surface area contributed by atoms with Gasteiger partial charge in [-0.2, -0.15) is 0 Å². The van der Waals surface area contributed by atoms with E-state index in [4.69, 9.17) is 0 Å². The molecule has 2 rings (SSSR count). The summed E-state index contributed by atoms with van der Waals surface area (Å²) in [4.78, 5) is 0. The molecule has 0 N–H and O–H groups in total. The maximum absolute atomic E-state index is 3.20. The highest BCUT2D eigenvalue weighted by atomic mass is 14.1. The fourth-order valence-electron chi connectivity index (χ4n) is 1.22. The predicted octanol–water partition coefficient (Wildman–Crippen LogP) is 2.25. The minimum atomic E-state index is 1.06. The van der Waals surface area contributed by atoms with Crippen LogP contribution in [-0.2, 0) is 6.42 Å². The minimum Gasteiger partial charge on any atom is -0.0541 e. The molecule has 2 radical (unpaired) electrons. The Morgan fingerprint density at radius 2 is 2.40 bits per heavy atom. The van der Waals surface area contributed by atoms with Crippen molar-refractivity contribution < 1.29 is 0 Å². The van der Waals surface area contributed by atoms with Gasteiger partial charge in [0.25, 0.3) is 0 Å². The molecule has 48 valence electrons. The van der Waals surface area contributed by atoms with Gasteiger partial charge in [0.2, 0.25) is 0 Å². The number of aryl methyl sites for hydroxylation is 1. The van der Waals surface area contributed by atoms with Crippen LogP contribution in [0.2, 0.25) is 0 Å². The molecular weight excluding hydrogens is 120 g/mol. The van der Waals surface area contributed by atoms with Crippen LogP contribution in [0.25, 0.3) is 6.08 Å². The number of hydrogen-bond donors (Lipinski definition) is 0. The summed E-state index contributed by atoms with van der Waals surface area (Å²) in [7, 11) is 0. The second kappa shape index (κ2) is 2.30. The molecular formula is C10H8. The zero-order chi connectivity index (χ0) is 6.81. The second-order valence-electron chi connectivity index (χ2n) is 2.47. The average molecular weight is 128 g/mol. The van der Waals surface area contributed by atoms with Crippen molar-refractivity contribution in [3.8, 4) is 0 Å². The van der Waals surface area contributed by atoms with Crippen LogP contribution in [0.1, 0.15) is 17.5 Å². The first-order valence-electron chi connectivity index (χ1n) is 3.52. The normalized spacial score (nSPS) is 14.8. The van der Waals surface area contributed by atoms with Gasteiger partial charge in [-0.25, -0.2) is 0 Å². The lowest BCUT2D eigenvalue weighted by Gasteiger charge is -2.07. The summed E-state index contributed by atoms with van der Waals surface area (Å²) in [6.07, 6.45) is 7.45. The Kier molecular flexibility index (Phi) is 1.31. The van der Waals surface area contributed by atoms with Gasteiger partial charge in [-0.1, -0.05) is 24.3 Å². The Labute approximate surface area is 61.2 Å². The van der Waals surface area contributed by atoms with Crippen LogP contribution in [-0.4, -0.2) is 0 Å². The van der Waals surface area contributed by atoms with Crippen LogP contribution in [0.4, 0.5) is 0 Å². The number of rotatable bonds is 0. The molecule has 0 saturated heterocycles. The van der Waals surface area contributed by atoms with Crippen LogP contribution in [0.3, 0.4) is 0 Å². The van der Waals surface area contributed by atoms with Gasteiger partial charge in [-0.3, -0.25) is 0 Å². The van der Waals surface area contributed by atoms with Crippen LogP contribution < -0.4 is 0 Å². The molecule has 0 fully saturated rings. The first kappa shape index (κ1) is 5.72. The number of fused-ring (bicyclic) bond motifs is 1. The second-order valence-corrected chi connectivity index (χ2v) is 2.47. The first-order valence-corrected chi connectivity index (χ1v) is 3.52. The van der Waals surface area contributed by atoms with E-state index in [1.165, 1.54) is 11.1 Å². The molecule has 1 aromatic carbocycles. The Bertz CT molecular complexity index is 258. The first-order chi connectivity index (χ1) is 4.97. The molecule has 1 aliphatic rings. The molecule has 0 nitrogen and oxygen atoms in total. The summed E-state index contributed by atoms with van der Waals surface area (Å²) in [5.41, 5.74) is 2.71. The third kappa shape index (κ3) is 0.860. The van der Waals surface area contributed by atoms with Crippen LogP contribution >= 0.6 is 0 Å². The number of allylic oxidation sites excluding steroid dienone is 1. The molecule has 0 spiro atoms. The Hall–Kier alpha value is -1.04. The molecule has 0 saturated carbocycles. The standard InChI is InChI=1S/C10H8/c1-2-6-10-8-4-3-7-9(10)5-1/h1,5-7H,4,8H2. The lowest BCUT2D eigenvalue weighted by Crippen LogP contribution is -1.92. The van der Waals surface area contributed by atoms with E-state index in [1.54, 1.807) is 0 Å². The molecule has 0 heterocycles. The van der Waals surface area contributed by atoms with Gasteiger partial charge >= 0.3 is 0 Å². The SMILES string of the molecule is [C]1=Cc2cc[c]cc2CC1. The highest BCUT2D eigenvalue weighted by molar-refractivity contribution is 5.53. The lowest BCUT2D eigenvalue weighted by atomic mass is 9.98. The zero-order valence-electron chi connectivity index (χ0n) is 5.72. The Morgan fingerprint density at radius 1 is 1.40 bits per heavy atom. The van der Waals surface area contributed by atoms with E-state index < -0.39 is 0 Å². The zero-order valence-corrected chi connectivity index (χ0v) is 5.72. The van der Waals surface area contributed by atoms with Crippen LogP contribution in [0, 0.1) is 12.1 Å². The van der Waals surface area contributed by atoms with Crippen molar-refractivity contribution in [3.05, 3.63) is 41.5 Å². The van der Waals surface area contributed by atoms with Gasteiger partial charge < -0.3 is 0 Å². The largest absolute Gasteiger partial charge is 0.0541 e. The van der Waals surface area contributed by atoms with Crippen molar-refractivity contribution >= 4 is 6.08 Å². The summed E-state index contributed by atoms with van der Waals surface area (Å²) in [6, 6.07) is 9.17. The number of benzene rings is 1. The van der Waals surface area contributed by atoms with Crippen LogP contribution in [0.15, 0.2) is 18.2 Å². The quantitative estimate of drug-likeness (QED) is 0.502. The van der Waals surface area contributed by atoms with Crippen molar-refractivity contribution in [3.63, 3.8) is 0 Å². The van der Waals surface area contributed by atoms with Crippen molar-refractivity contribution in [2.75, 3.05) is 0 Å². The number of hydrogen-bond acceptors (Lipinski definition) is 0. The Balaban J connectivity index is 2.54. The molecule has 0 atom stereocenters. The molecule has 0 aliphatic heterocycles. The van der Waals surface area contributed by atoms with Crippen LogP contribution in [0.5, 0.6) is 0 Å². The van der Waals surface area contributed by atoms with Crippen molar-refractivity contribution in [1.82, 2.24) is 0 Å². The third-order valence-electron chi connectivity index (χ3n) is 1.78. The predicted molar refractivity (Wildman–Crippen MR) is 41.3 cm³/mol. The van der Waals surface area contributed by atoms with Gasteiger partial charge in [0.1, 0.15) is 0 Å². The average Bonchev–Trinajstić information content (AvgIpc) is 2.05. The van der Waals surface area contributed by atoms with E-state index in [1.807, 2.05) is 6.07 Å². The van der Waals surface area contributed by atoms with Gasteiger partial charge in [0, 0.05) is 0 Å². The monoisotopic (exact) mass is 128 g/mol. The molecule has 0 aromatic heterocycles. The van der Waals surface area contributed by atoms with Crippen molar-refractivity contribution in [2.24, 2.45) is 0 Å². The van der Waals surface area contributed by atoms with E-state index in [2.05, 4.69) is 30.4 Å². The van der Waals surface area contributed by atoms with Gasteiger partial charge in [-0.05, 0) is 36.1 Å². The smallest absolute Gasteiger partial charge is 0.0181 e. The molecule has 10 heavy (non-hydrogen) atoms. The van der Waals surface area contributed by atoms with E-state index in [0.29, 0.717) is 0 Å². The third-order valence-corrected chi connectivity index (χ3v) is 1.78. The fourth-order valence-corrected chi connectivity index (χ4v) is 1.22. The van der Waals surface area contributed by atoms with E-state index in [-0.39, 0.29) is 0 Å². The Morgan fingerprint density at radius 3 is 3.30 bits per heavy atom. The molecule has 0 heteroatoms. The summed E-state index contributed by atoms with van der Waals surface area (Å²) in [5, 5.41) is 0. The maximum Gasteiger partial charge on any atom is -0.0181 e. The summed E-state index contributed by atoms with van der Waals surface area (Å²) in [5.74, 6) is 0. The highest BCUT2D eigenvalue weighted by Crippen LogP contribution is 2.16. The highest BCUT2D eigenvalue weighted by Gasteiger charge is 2.00. The molecule has 1 aliphatic carbocycles. The van der Waals surface area contributed by atoms with Crippen molar-refractivity contribution in [2.45, 2.75) is 12.8 Å². The molecule has 0 unspecified atom stereocenters. The topological polar surface area (TPSA) is 0 Å². The van der Waals surface area contributed by atoms with E-state index in [9.17, 15) is 0 Å². The molecule has 0 amide bonds. The molecule has 1 aromatic rings. The van der Waals surface area contributed by atoms with E-state index in [0.717, 1.165) is 12.8 Å². The van der Waals surface area contributed by atoms with Gasteiger partial charge in [0.15, 0.2) is 0 Å². The summed E-state index contributed by atoms with van der Waals surface area (Å²) >= 11 is 0. The van der Waals surface area contributed by atoms with Gasteiger partial charge in [0.05, 0.1) is 0 Å². The summed E-state index contributed by atoms with van der Waals surface area (Å²) < 4.78 is 0. The lowest BCUT2D eigenvalue weighted by molar-refractivity contribution is 0.964. The van der Waals surface area contributed by atoms with Crippen molar-refractivity contribution in [1.29, 1.82) is 0 Å². The van der Waals surface area contributed by atoms with E-state index >= 15 is 0 Å². The maximum atomic E-state index is 3.20. The molecule has 0 bridgehead atoms. The minimum absolute atomic E-state index is 1.06. The fraction of sp³-hybridized carbons (Fsp3) is 0.200. The summed E-state index contributed by atoms with van der Waals surface area (Å²) in [6.45, 7) is 0. The van der Waals surface area contributed by atoms with Gasteiger partial charge in [-0.15, -0.1) is 0 Å².